The quantitative estimate of drug-likeness (QED) is 0.242. The fourth-order valence-corrected chi connectivity index (χ4v) is 8.25. The molecule has 2 aromatic carbocycles. The molecule has 2 heterocycles. The monoisotopic (exact) mass is 667 g/mol. The number of rotatable bonds is 10. The number of fused-ring (bicyclic) bond motifs is 1. The number of piperidine rings is 1. The minimum absolute atomic E-state index is 0.0181. The molecule has 0 radical (unpaired) electrons. The number of sulfonamides is 1. The van der Waals surface area contributed by atoms with Crippen LogP contribution in [0.5, 0.6) is 0 Å². The number of likely N-dealkylation sites (tertiary alicyclic amines) is 1. The van der Waals surface area contributed by atoms with Crippen molar-refractivity contribution in [2.45, 2.75) is 109 Å². The van der Waals surface area contributed by atoms with Crippen molar-refractivity contribution in [3.8, 4) is 0 Å². The molecule has 3 aliphatic rings. The van der Waals surface area contributed by atoms with Crippen LogP contribution < -0.4 is 4.31 Å². The summed E-state index contributed by atoms with van der Waals surface area (Å²) in [6.07, 6.45) is 5.59. The normalized spacial score (nSPS) is 20.1. The van der Waals surface area contributed by atoms with Gasteiger partial charge in [-0.1, -0.05) is 51.1 Å². The third kappa shape index (κ3) is 9.00. The van der Waals surface area contributed by atoms with Gasteiger partial charge in [-0.25, -0.2) is 18.0 Å². The van der Waals surface area contributed by atoms with Crippen LogP contribution >= 0.6 is 0 Å². The maximum absolute atomic E-state index is 13.5. The van der Waals surface area contributed by atoms with E-state index < -0.39 is 15.6 Å². The molecule has 258 valence electrons. The Bertz CT molecular complexity index is 1510. The first-order valence-electron chi connectivity index (χ1n) is 17.2. The lowest BCUT2D eigenvalue weighted by Gasteiger charge is -2.35. The first kappa shape index (κ1) is 35.0. The lowest BCUT2D eigenvalue weighted by Crippen LogP contribution is -2.45. The molecule has 5 rings (SSSR count). The number of carbonyl (C=O) groups excluding carboxylic acids is 2. The second-order valence-corrected chi connectivity index (χ2v) is 17.5. The number of ether oxygens (including phenoxy) is 2. The highest BCUT2D eigenvalue weighted by atomic mass is 32.2. The molecular weight excluding hydrogens is 614 g/mol. The minimum Gasteiger partial charge on any atom is -0.449 e. The molecule has 0 spiro atoms. The Labute approximate surface area is 281 Å². The lowest BCUT2D eigenvalue weighted by molar-refractivity contribution is 0.0166. The molecule has 0 N–H and O–H groups in total. The molecule has 2 atom stereocenters. The van der Waals surface area contributed by atoms with Crippen LogP contribution in [-0.2, 0) is 25.9 Å². The van der Waals surface area contributed by atoms with Crippen molar-refractivity contribution in [2.24, 2.45) is 11.3 Å². The van der Waals surface area contributed by atoms with Crippen LogP contribution in [0, 0.1) is 11.3 Å². The number of hydrogen-bond donors (Lipinski definition) is 0. The zero-order valence-electron chi connectivity index (χ0n) is 29.0. The number of carbonyl (C=O) groups is 2. The van der Waals surface area contributed by atoms with Gasteiger partial charge < -0.3 is 19.3 Å². The summed E-state index contributed by atoms with van der Waals surface area (Å²) in [7, 11) is -3.63. The summed E-state index contributed by atoms with van der Waals surface area (Å²) in [4.78, 5) is 30.2. The summed E-state index contributed by atoms with van der Waals surface area (Å²) in [5.41, 5.74) is 2.55. The van der Waals surface area contributed by atoms with E-state index in [1.807, 2.05) is 43.9 Å². The highest BCUT2D eigenvalue weighted by Crippen LogP contribution is 2.47. The molecule has 1 saturated heterocycles. The van der Waals surface area contributed by atoms with Gasteiger partial charge in [-0.2, -0.15) is 0 Å². The largest absolute Gasteiger partial charge is 0.449 e. The van der Waals surface area contributed by atoms with E-state index in [9.17, 15) is 18.0 Å². The molecule has 2 unspecified atom stereocenters. The number of anilines is 1. The topological polar surface area (TPSA) is 96.5 Å². The van der Waals surface area contributed by atoms with Crippen molar-refractivity contribution >= 4 is 27.9 Å². The smallest absolute Gasteiger partial charge is 0.410 e. The standard InChI is InChI=1S/C37H53N3O6S/c1-36(2,3)19-10-11-23-45-34(41)38-20-16-27(17-21-38)26-39(35(42)46-37(4,5)6)33-25-31(33)28-14-15-32-29(24-28)18-22-40(32)47(43,44)30-12-8-7-9-13-30/h7-9,12-15,24,27,31,33H,10-11,16-23,25-26H2,1-6H3. The van der Waals surface area contributed by atoms with Gasteiger partial charge in [-0.05, 0) is 106 Å². The fourth-order valence-electron chi connectivity index (χ4n) is 6.73. The van der Waals surface area contributed by atoms with E-state index in [4.69, 9.17) is 9.47 Å². The van der Waals surface area contributed by atoms with Crippen LogP contribution in [0.1, 0.15) is 97.1 Å². The van der Waals surface area contributed by atoms with Gasteiger partial charge in [0.05, 0.1) is 17.2 Å². The highest BCUT2D eigenvalue weighted by molar-refractivity contribution is 7.92. The van der Waals surface area contributed by atoms with Crippen LogP contribution in [0.3, 0.4) is 0 Å². The second kappa shape index (κ2) is 14.1. The maximum Gasteiger partial charge on any atom is 0.410 e. The summed E-state index contributed by atoms with van der Waals surface area (Å²) in [6.45, 7) is 15.0. The third-order valence-corrected chi connectivity index (χ3v) is 11.2. The van der Waals surface area contributed by atoms with Gasteiger partial charge in [-0.3, -0.25) is 4.31 Å². The summed E-state index contributed by atoms with van der Waals surface area (Å²) in [6, 6.07) is 14.6. The van der Waals surface area contributed by atoms with E-state index in [0.717, 1.165) is 55.3 Å². The van der Waals surface area contributed by atoms with E-state index in [1.165, 1.54) is 4.31 Å². The predicted octanol–water partition coefficient (Wildman–Crippen LogP) is 7.60. The number of unbranched alkanes of at least 4 members (excludes halogenated alkanes) is 1. The molecule has 47 heavy (non-hydrogen) atoms. The van der Waals surface area contributed by atoms with E-state index in [2.05, 4.69) is 26.8 Å². The van der Waals surface area contributed by atoms with Crippen molar-refractivity contribution in [2.75, 3.05) is 37.1 Å². The van der Waals surface area contributed by atoms with Crippen molar-refractivity contribution in [3.63, 3.8) is 0 Å². The first-order valence-corrected chi connectivity index (χ1v) is 18.7. The molecule has 9 nitrogen and oxygen atoms in total. The maximum atomic E-state index is 13.5. The predicted molar refractivity (Wildman–Crippen MR) is 184 cm³/mol. The Morgan fingerprint density at radius 1 is 0.936 bits per heavy atom. The molecule has 1 aliphatic carbocycles. The summed E-state index contributed by atoms with van der Waals surface area (Å²) in [5, 5.41) is 0. The number of amides is 2. The zero-order chi connectivity index (χ0) is 34.0. The highest BCUT2D eigenvalue weighted by Gasteiger charge is 2.47. The van der Waals surface area contributed by atoms with E-state index in [1.54, 1.807) is 29.2 Å². The Kier molecular flexibility index (Phi) is 10.5. The Morgan fingerprint density at radius 2 is 1.64 bits per heavy atom. The summed E-state index contributed by atoms with van der Waals surface area (Å²) < 4.78 is 39.6. The second-order valence-electron chi connectivity index (χ2n) is 15.6. The third-order valence-electron chi connectivity index (χ3n) is 9.38. The summed E-state index contributed by atoms with van der Waals surface area (Å²) in [5.74, 6) is 0.428. The van der Waals surface area contributed by atoms with E-state index in [0.29, 0.717) is 44.1 Å². The molecule has 1 saturated carbocycles. The fraction of sp³-hybridized carbons (Fsp3) is 0.622. The molecule has 2 aliphatic heterocycles. The van der Waals surface area contributed by atoms with Crippen LogP contribution in [0.25, 0.3) is 0 Å². The molecule has 10 heteroatoms. The first-order chi connectivity index (χ1) is 22.1. The lowest BCUT2D eigenvalue weighted by atomic mass is 9.90. The average molecular weight is 668 g/mol. The molecule has 2 aromatic rings. The van der Waals surface area contributed by atoms with Crippen LogP contribution in [0.15, 0.2) is 53.4 Å². The molecule has 2 fully saturated rings. The SMILES string of the molecule is CC(C)(C)CCCCOC(=O)N1CCC(CN(C(=O)OC(C)(C)C)C2CC2c2ccc3c(c2)CCN3S(=O)(=O)c2ccccc2)CC1. The van der Waals surface area contributed by atoms with Gasteiger partial charge in [0.2, 0.25) is 0 Å². The molecule has 2 amide bonds. The van der Waals surface area contributed by atoms with Gasteiger partial charge in [-0.15, -0.1) is 0 Å². The molecule has 0 bridgehead atoms. The number of benzene rings is 2. The number of nitrogens with zero attached hydrogens (tertiary/aromatic N) is 3. The van der Waals surface area contributed by atoms with Gasteiger partial charge >= 0.3 is 12.2 Å². The Morgan fingerprint density at radius 3 is 2.30 bits per heavy atom. The van der Waals surface area contributed by atoms with Crippen LogP contribution in [0.2, 0.25) is 0 Å². The number of hydrogen-bond acceptors (Lipinski definition) is 6. The van der Waals surface area contributed by atoms with Crippen LogP contribution in [0.4, 0.5) is 15.3 Å². The summed E-state index contributed by atoms with van der Waals surface area (Å²) >= 11 is 0. The van der Waals surface area contributed by atoms with Crippen molar-refractivity contribution in [1.29, 1.82) is 0 Å². The van der Waals surface area contributed by atoms with E-state index in [-0.39, 0.29) is 35.5 Å². The van der Waals surface area contributed by atoms with Crippen LogP contribution in [-0.4, -0.2) is 74.8 Å². The Hall–Kier alpha value is -3.27. The van der Waals surface area contributed by atoms with Gasteiger partial charge in [0, 0.05) is 38.1 Å². The Balaban J connectivity index is 1.19. The van der Waals surface area contributed by atoms with Gasteiger partial charge in [0.15, 0.2) is 0 Å². The molecular formula is C37H53N3O6S. The zero-order valence-corrected chi connectivity index (χ0v) is 29.9. The van der Waals surface area contributed by atoms with Crippen molar-refractivity contribution in [3.05, 3.63) is 59.7 Å². The van der Waals surface area contributed by atoms with Gasteiger partial charge in [0.25, 0.3) is 10.0 Å². The van der Waals surface area contributed by atoms with Gasteiger partial charge in [0.1, 0.15) is 5.60 Å². The van der Waals surface area contributed by atoms with Crippen molar-refractivity contribution in [1.82, 2.24) is 9.80 Å². The van der Waals surface area contributed by atoms with E-state index >= 15 is 0 Å². The van der Waals surface area contributed by atoms with Crippen molar-refractivity contribution < 1.29 is 27.5 Å². The minimum atomic E-state index is -3.63. The molecule has 0 aromatic heterocycles. The average Bonchev–Trinajstić information content (AvgIpc) is 3.68.